The van der Waals surface area contributed by atoms with Crippen LogP contribution >= 0.6 is 0 Å². The SMILES string of the molecule is COCC1CCN(c2nc(N)ccc2[N+](=O)[O-])CC1. The molecule has 0 spiro atoms. The Hall–Kier alpha value is -1.89. The maximum Gasteiger partial charge on any atom is 0.311 e. The van der Waals surface area contributed by atoms with Crippen molar-refractivity contribution in [2.75, 3.05) is 37.4 Å². The molecular formula is C12H18N4O3. The van der Waals surface area contributed by atoms with Gasteiger partial charge in [-0.05, 0) is 24.8 Å². The van der Waals surface area contributed by atoms with Gasteiger partial charge in [-0.15, -0.1) is 0 Å². The highest BCUT2D eigenvalue weighted by Crippen LogP contribution is 2.30. The van der Waals surface area contributed by atoms with E-state index in [0.717, 1.165) is 32.5 Å². The molecule has 0 atom stereocenters. The van der Waals surface area contributed by atoms with Crippen LogP contribution in [-0.2, 0) is 4.74 Å². The predicted octanol–water partition coefficient (Wildman–Crippen LogP) is 1.43. The first-order valence-corrected chi connectivity index (χ1v) is 6.26. The van der Waals surface area contributed by atoms with Gasteiger partial charge in [0, 0.05) is 32.9 Å². The average Bonchev–Trinajstić information content (AvgIpc) is 2.39. The second-order valence-corrected chi connectivity index (χ2v) is 4.72. The molecular weight excluding hydrogens is 248 g/mol. The number of pyridine rings is 1. The summed E-state index contributed by atoms with van der Waals surface area (Å²) in [5.74, 6) is 1.20. The summed E-state index contributed by atoms with van der Waals surface area (Å²) >= 11 is 0. The Morgan fingerprint density at radius 1 is 1.53 bits per heavy atom. The number of anilines is 2. The zero-order chi connectivity index (χ0) is 13.8. The van der Waals surface area contributed by atoms with Crippen LogP contribution in [0.4, 0.5) is 17.3 Å². The zero-order valence-electron chi connectivity index (χ0n) is 10.9. The number of aromatic nitrogens is 1. The summed E-state index contributed by atoms with van der Waals surface area (Å²) in [6.07, 6.45) is 1.89. The van der Waals surface area contributed by atoms with E-state index in [1.54, 1.807) is 7.11 Å². The summed E-state index contributed by atoms with van der Waals surface area (Å²) in [4.78, 5) is 16.7. The lowest BCUT2D eigenvalue weighted by Gasteiger charge is -2.32. The number of hydrogen-bond acceptors (Lipinski definition) is 6. The molecule has 7 nitrogen and oxygen atoms in total. The maximum atomic E-state index is 11.0. The predicted molar refractivity (Wildman–Crippen MR) is 72.1 cm³/mol. The molecule has 2 N–H and O–H groups in total. The molecule has 1 aliphatic heterocycles. The number of nitrogens with zero attached hydrogens (tertiary/aromatic N) is 3. The van der Waals surface area contributed by atoms with Crippen molar-refractivity contribution in [2.45, 2.75) is 12.8 Å². The first-order valence-electron chi connectivity index (χ1n) is 6.26. The van der Waals surface area contributed by atoms with Gasteiger partial charge in [0.2, 0.25) is 5.82 Å². The van der Waals surface area contributed by atoms with Crippen molar-refractivity contribution >= 4 is 17.3 Å². The number of piperidine rings is 1. The van der Waals surface area contributed by atoms with Gasteiger partial charge in [-0.3, -0.25) is 10.1 Å². The van der Waals surface area contributed by atoms with Crippen LogP contribution in [-0.4, -0.2) is 36.7 Å². The first-order chi connectivity index (χ1) is 9.11. The summed E-state index contributed by atoms with van der Waals surface area (Å²) in [7, 11) is 1.69. The van der Waals surface area contributed by atoms with Crippen molar-refractivity contribution < 1.29 is 9.66 Å². The molecule has 0 unspecified atom stereocenters. The lowest BCUT2D eigenvalue weighted by molar-refractivity contribution is -0.384. The quantitative estimate of drug-likeness (QED) is 0.654. The van der Waals surface area contributed by atoms with E-state index in [1.165, 1.54) is 12.1 Å². The van der Waals surface area contributed by atoms with Crippen LogP contribution in [0.2, 0.25) is 0 Å². The van der Waals surface area contributed by atoms with Crippen molar-refractivity contribution in [3.05, 3.63) is 22.2 Å². The highest BCUT2D eigenvalue weighted by Gasteiger charge is 2.26. The minimum atomic E-state index is -0.414. The lowest BCUT2D eigenvalue weighted by Crippen LogP contribution is -2.36. The first kappa shape index (κ1) is 13.5. The summed E-state index contributed by atoms with van der Waals surface area (Å²) in [5, 5.41) is 11.0. The molecule has 0 saturated carbocycles. The molecule has 7 heteroatoms. The summed E-state index contributed by atoms with van der Waals surface area (Å²) in [5.41, 5.74) is 5.64. The van der Waals surface area contributed by atoms with Crippen LogP contribution in [0, 0.1) is 16.0 Å². The Balaban J connectivity index is 2.14. The number of nitro groups is 1. The van der Waals surface area contributed by atoms with E-state index in [2.05, 4.69) is 4.98 Å². The molecule has 104 valence electrons. The molecule has 1 aliphatic rings. The Kier molecular flexibility index (Phi) is 4.16. The van der Waals surface area contributed by atoms with Crippen molar-refractivity contribution in [2.24, 2.45) is 5.92 Å². The summed E-state index contributed by atoms with van der Waals surface area (Å²) in [6.45, 7) is 2.22. The second-order valence-electron chi connectivity index (χ2n) is 4.72. The molecule has 2 rings (SSSR count). The van der Waals surface area contributed by atoms with E-state index < -0.39 is 4.92 Å². The maximum absolute atomic E-state index is 11.0. The van der Waals surface area contributed by atoms with E-state index >= 15 is 0 Å². The average molecular weight is 266 g/mol. The van der Waals surface area contributed by atoms with Gasteiger partial charge in [0.05, 0.1) is 4.92 Å². The fraction of sp³-hybridized carbons (Fsp3) is 0.583. The highest BCUT2D eigenvalue weighted by atomic mass is 16.6. The Labute approximate surface area is 111 Å². The monoisotopic (exact) mass is 266 g/mol. The smallest absolute Gasteiger partial charge is 0.311 e. The number of nitrogens with two attached hydrogens (primary N) is 1. The Morgan fingerprint density at radius 2 is 2.21 bits per heavy atom. The molecule has 0 bridgehead atoms. The van der Waals surface area contributed by atoms with Crippen molar-refractivity contribution in [3.8, 4) is 0 Å². The minimum absolute atomic E-state index is 0.0133. The van der Waals surface area contributed by atoms with Gasteiger partial charge in [0.25, 0.3) is 0 Å². The van der Waals surface area contributed by atoms with E-state index in [9.17, 15) is 10.1 Å². The van der Waals surface area contributed by atoms with Gasteiger partial charge >= 0.3 is 5.69 Å². The molecule has 2 heterocycles. The largest absolute Gasteiger partial charge is 0.384 e. The van der Waals surface area contributed by atoms with Crippen LogP contribution in [0.5, 0.6) is 0 Å². The molecule has 0 aliphatic carbocycles. The van der Waals surface area contributed by atoms with Crippen LogP contribution in [0.3, 0.4) is 0 Å². The van der Waals surface area contributed by atoms with Crippen molar-refractivity contribution in [1.82, 2.24) is 4.98 Å². The molecule has 19 heavy (non-hydrogen) atoms. The second kappa shape index (κ2) is 5.83. The fourth-order valence-electron chi connectivity index (χ4n) is 2.38. The lowest BCUT2D eigenvalue weighted by atomic mass is 9.98. The van der Waals surface area contributed by atoms with Crippen LogP contribution < -0.4 is 10.6 Å². The van der Waals surface area contributed by atoms with Gasteiger partial charge in [0.1, 0.15) is 5.82 Å². The van der Waals surface area contributed by atoms with Crippen molar-refractivity contribution in [3.63, 3.8) is 0 Å². The third kappa shape index (κ3) is 3.11. The zero-order valence-corrected chi connectivity index (χ0v) is 10.9. The summed E-state index contributed by atoms with van der Waals surface area (Å²) < 4.78 is 5.14. The third-order valence-corrected chi connectivity index (χ3v) is 3.39. The molecule has 1 fully saturated rings. The number of hydrogen-bond donors (Lipinski definition) is 1. The Morgan fingerprint density at radius 3 is 2.79 bits per heavy atom. The van der Waals surface area contributed by atoms with E-state index in [0.29, 0.717) is 17.6 Å². The number of methoxy groups -OCH3 is 1. The molecule has 0 radical (unpaired) electrons. The number of rotatable bonds is 4. The fourth-order valence-corrected chi connectivity index (χ4v) is 2.38. The molecule has 1 aromatic heterocycles. The Bertz CT molecular complexity index is 458. The molecule has 1 aromatic rings. The van der Waals surface area contributed by atoms with E-state index in [4.69, 9.17) is 10.5 Å². The molecule has 0 aromatic carbocycles. The number of nitrogen functional groups attached to an aromatic ring is 1. The van der Waals surface area contributed by atoms with E-state index in [-0.39, 0.29) is 5.69 Å². The van der Waals surface area contributed by atoms with Crippen LogP contribution in [0.25, 0.3) is 0 Å². The van der Waals surface area contributed by atoms with Gasteiger partial charge in [0.15, 0.2) is 0 Å². The summed E-state index contributed by atoms with van der Waals surface area (Å²) in [6, 6.07) is 2.87. The standard InChI is InChI=1S/C12H18N4O3/c1-19-8-9-4-6-15(7-5-9)12-10(16(17)18)2-3-11(13)14-12/h2-3,9H,4-8H2,1H3,(H2,13,14). The van der Waals surface area contributed by atoms with Crippen LogP contribution in [0.15, 0.2) is 12.1 Å². The van der Waals surface area contributed by atoms with Crippen LogP contribution in [0.1, 0.15) is 12.8 Å². The van der Waals surface area contributed by atoms with Gasteiger partial charge in [-0.2, -0.15) is 0 Å². The molecule has 1 saturated heterocycles. The topological polar surface area (TPSA) is 94.5 Å². The molecule has 0 amide bonds. The van der Waals surface area contributed by atoms with Gasteiger partial charge in [-0.1, -0.05) is 0 Å². The van der Waals surface area contributed by atoms with E-state index in [1.807, 2.05) is 4.90 Å². The minimum Gasteiger partial charge on any atom is -0.384 e. The highest BCUT2D eigenvalue weighted by molar-refractivity contribution is 5.61. The number of ether oxygens (including phenoxy) is 1. The van der Waals surface area contributed by atoms with Gasteiger partial charge < -0.3 is 15.4 Å². The third-order valence-electron chi connectivity index (χ3n) is 3.39. The van der Waals surface area contributed by atoms with Crippen molar-refractivity contribution in [1.29, 1.82) is 0 Å². The normalized spacial score (nSPS) is 16.6. The van der Waals surface area contributed by atoms with Gasteiger partial charge in [-0.25, -0.2) is 4.98 Å².